The zero-order chi connectivity index (χ0) is 16.0. The molecule has 21 heavy (non-hydrogen) atoms. The summed E-state index contributed by atoms with van der Waals surface area (Å²) < 4.78 is 6.09. The molecule has 1 aromatic carbocycles. The van der Waals surface area contributed by atoms with E-state index in [1.807, 2.05) is 24.3 Å². The fourth-order valence-corrected chi connectivity index (χ4v) is 1.90. The fraction of sp³-hybridized carbons (Fsp3) is 0.375. The van der Waals surface area contributed by atoms with E-state index in [4.69, 9.17) is 4.74 Å². The van der Waals surface area contributed by atoms with Gasteiger partial charge < -0.3 is 10.1 Å². The highest BCUT2D eigenvalue weighted by Gasteiger charge is 2.22. The number of ether oxygens (including phenoxy) is 1. The number of carbonyl (C=O) groups excluding carboxylic acids is 2. The molecule has 0 bridgehead atoms. The van der Waals surface area contributed by atoms with E-state index in [0.29, 0.717) is 0 Å². The van der Waals surface area contributed by atoms with Gasteiger partial charge in [0.15, 0.2) is 0 Å². The van der Waals surface area contributed by atoms with Crippen LogP contribution in [0.25, 0.3) is 6.08 Å². The molecule has 1 aromatic rings. The molecular weight excluding hydrogens is 334 g/mol. The lowest BCUT2D eigenvalue weighted by atomic mass is 10.2. The van der Waals surface area contributed by atoms with Crippen molar-refractivity contribution in [1.82, 2.24) is 5.32 Å². The summed E-state index contributed by atoms with van der Waals surface area (Å²) in [5.74, 6) is -0.797. The Morgan fingerprint density at radius 1 is 1.29 bits per heavy atom. The molecule has 114 valence electrons. The molecule has 1 amide bonds. The molecule has 0 aliphatic heterocycles. The number of rotatable bonds is 4. The molecule has 1 N–H and O–H groups in total. The van der Waals surface area contributed by atoms with Crippen molar-refractivity contribution in [1.29, 1.82) is 0 Å². The Balaban J connectivity index is 2.58. The Kier molecular flexibility index (Phi) is 6.15. The first-order valence-electron chi connectivity index (χ1n) is 6.65. The number of esters is 1. The van der Waals surface area contributed by atoms with Gasteiger partial charge in [0.25, 0.3) is 0 Å². The van der Waals surface area contributed by atoms with Crippen LogP contribution < -0.4 is 5.32 Å². The maximum atomic E-state index is 11.8. The first kappa shape index (κ1) is 17.4. The third-order valence-corrected chi connectivity index (χ3v) is 3.16. The molecule has 0 aliphatic carbocycles. The summed E-state index contributed by atoms with van der Waals surface area (Å²) in [6.45, 7) is 6.95. The Labute approximate surface area is 133 Å². The van der Waals surface area contributed by atoms with E-state index < -0.39 is 17.6 Å². The smallest absolute Gasteiger partial charge is 0.328 e. The second kappa shape index (κ2) is 7.41. The third kappa shape index (κ3) is 6.58. The van der Waals surface area contributed by atoms with Crippen LogP contribution in [0.4, 0.5) is 0 Å². The van der Waals surface area contributed by atoms with Crippen LogP contribution in [-0.2, 0) is 14.3 Å². The Bertz CT molecular complexity index is 547. The van der Waals surface area contributed by atoms with E-state index in [1.54, 1.807) is 33.8 Å². The van der Waals surface area contributed by atoms with Crippen LogP contribution in [-0.4, -0.2) is 23.5 Å². The van der Waals surface area contributed by atoms with Crippen molar-refractivity contribution in [2.45, 2.75) is 39.3 Å². The maximum absolute atomic E-state index is 11.8. The molecule has 0 saturated heterocycles. The Morgan fingerprint density at radius 2 is 1.90 bits per heavy atom. The lowest BCUT2D eigenvalue weighted by molar-refractivity contribution is -0.157. The van der Waals surface area contributed by atoms with E-state index in [0.717, 1.165) is 10.0 Å². The number of hydrogen-bond acceptors (Lipinski definition) is 3. The molecule has 1 atom stereocenters. The predicted molar refractivity (Wildman–Crippen MR) is 86.6 cm³/mol. The second-order valence-corrected chi connectivity index (χ2v) is 6.47. The summed E-state index contributed by atoms with van der Waals surface area (Å²) in [4.78, 5) is 23.5. The van der Waals surface area contributed by atoms with Gasteiger partial charge in [0.05, 0.1) is 0 Å². The van der Waals surface area contributed by atoms with Crippen LogP contribution in [0.5, 0.6) is 0 Å². The molecule has 0 heterocycles. The molecule has 0 aliphatic rings. The van der Waals surface area contributed by atoms with Crippen molar-refractivity contribution >= 4 is 33.9 Å². The summed E-state index contributed by atoms with van der Waals surface area (Å²) in [7, 11) is 0. The molecule has 0 aromatic heterocycles. The van der Waals surface area contributed by atoms with Gasteiger partial charge in [0, 0.05) is 10.5 Å². The minimum absolute atomic E-state index is 0.343. The number of carbonyl (C=O) groups is 2. The molecule has 4 nitrogen and oxygen atoms in total. The molecule has 0 saturated carbocycles. The number of hydrogen-bond donors (Lipinski definition) is 1. The molecule has 1 rings (SSSR count). The van der Waals surface area contributed by atoms with Gasteiger partial charge in [0.1, 0.15) is 11.6 Å². The van der Waals surface area contributed by atoms with Crippen LogP contribution in [0, 0.1) is 0 Å². The SMILES string of the molecule is C[C@H](NC(=O)/C=C/c1ccccc1Br)C(=O)OC(C)(C)C. The molecule has 0 spiro atoms. The standard InChI is InChI=1S/C16H20BrNO3/c1-11(15(20)21-16(2,3)4)18-14(19)10-9-12-7-5-6-8-13(12)17/h5-11H,1-4H3,(H,18,19)/b10-9+/t11-/m0/s1. The van der Waals surface area contributed by atoms with Gasteiger partial charge in [-0.2, -0.15) is 0 Å². The molecule has 0 fully saturated rings. The largest absolute Gasteiger partial charge is 0.458 e. The Hall–Kier alpha value is -1.62. The highest BCUT2D eigenvalue weighted by molar-refractivity contribution is 9.10. The lowest BCUT2D eigenvalue weighted by Crippen LogP contribution is -2.41. The van der Waals surface area contributed by atoms with Crippen LogP contribution in [0.1, 0.15) is 33.3 Å². The van der Waals surface area contributed by atoms with Gasteiger partial charge >= 0.3 is 5.97 Å². The van der Waals surface area contributed by atoms with Gasteiger partial charge in [-0.25, -0.2) is 4.79 Å². The minimum Gasteiger partial charge on any atom is -0.458 e. The maximum Gasteiger partial charge on any atom is 0.328 e. The van der Waals surface area contributed by atoms with E-state index in [2.05, 4.69) is 21.2 Å². The average Bonchev–Trinajstić information content (AvgIpc) is 2.35. The topological polar surface area (TPSA) is 55.4 Å². The number of amides is 1. The average molecular weight is 354 g/mol. The lowest BCUT2D eigenvalue weighted by Gasteiger charge is -2.22. The molecular formula is C16H20BrNO3. The number of nitrogens with one attached hydrogen (secondary N) is 1. The quantitative estimate of drug-likeness (QED) is 0.667. The summed E-state index contributed by atoms with van der Waals surface area (Å²) in [6, 6.07) is 6.85. The molecule has 5 heteroatoms. The van der Waals surface area contributed by atoms with Crippen molar-refractivity contribution in [3.05, 3.63) is 40.4 Å². The van der Waals surface area contributed by atoms with Gasteiger partial charge in [-0.15, -0.1) is 0 Å². The first-order chi connectivity index (χ1) is 9.69. The highest BCUT2D eigenvalue weighted by atomic mass is 79.9. The van der Waals surface area contributed by atoms with Gasteiger partial charge in [-0.05, 0) is 45.4 Å². The summed E-state index contributed by atoms with van der Waals surface area (Å²) in [6.07, 6.45) is 3.07. The van der Waals surface area contributed by atoms with E-state index in [9.17, 15) is 9.59 Å². The zero-order valence-electron chi connectivity index (χ0n) is 12.6. The van der Waals surface area contributed by atoms with E-state index in [-0.39, 0.29) is 5.91 Å². The molecule has 0 radical (unpaired) electrons. The van der Waals surface area contributed by atoms with E-state index in [1.165, 1.54) is 6.08 Å². The van der Waals surface area contributed by atoms with Crippen molar-refractivity contribution in [2.24, 2.45) is 0 Å². The van der Waals surface area contributed by atoms with Gasteiger partial charge in [-0.3, -0.25) is 4.79 Å². The summed E-state index contributed by atoms with van der Waals surface area (Å²) in [5.41, 5.74) is 0.318. The fourth-order valence-electron chi connectivity index (χ4n) is 1.49. The monoisotopic (exact) mass is 353 g/mol. The third-order valence-electron chi connectivity index (χ3n) is 2.44. The highest BCUT2D eigenvalue weighted by Crippen LogP contribution is 2.17. The summed E-state index contributed by atoms with van der Waals surface area (Å²) >= 11 is 3.40. The van der Waals surface area contributed by atoms with Gasteiger partial charge in [-0.1, -0.05) is 34.1 Å². The van der Waals surface area contributed by atoms with Crippen LogP contribution >= 0.6 is 15.9 Å². The number of halogens is 1. The predicted octanol–water partition coefficient (Wildman–Crippen LogP) is 3.31. The second-order valence-electron chi connectivity index (χ2n) is 5.62. The number of benzene rings is 1. The van der Waals surface area contributed by atoms with Crippen molar-refractivity contribution < 1.29 is 14.3 Å². The first-order valence-corrected chi connectivity index (χ1v) is 7.44. The van der Waals surface area contributed by atoms with E-state index >= 15 is 0 Å². The van der Waals surface area contributed by atoms with Crippen molar-refractivity contribution in [3.63, 3.8) is 0 Å². The summed E-state index contributed by atoms with van der Waals surface area (Å²) in [5, 5.41) is 2.58. The van der Waals surface area contributed by atoms with Crippen molar-refractivity contribution in [3.8, 4) is 0 Å². The normalized spacial score (nSPS) is 13.0. The zero-order valence-corrected chi connectivity index (χ0v) is 14.2. The minimum atomic E-state index is -0.694. The van der Waals surface area contributed by atoms with Crippen LogP contribution in [0.3, 0.4) is 0 Å². The van der Waals surface area contributed by atoms with Gasteiger partial charge in [0.2, 0.25) is 5.91 Å². The Morgan fingerprint density at radius 3 is 2.48 bits per heavy atom. The van der Waals surface area contributed by atoms with Crippen LogP contribution in [0.15, 0.2) is 34.8 Å². The molecule has 0 unspecified atom stereocenters. The van der Waals surface area contributed by atoms with Crippen molar-refractivity contribution in [2.75, 3.05) is 0 Å². The van der Waals surface area contributed by atoms with Crippen LogP contribution in [0.2, 0.25) is 0 Å².